The Labute approximate surface area is 106 Å². The van der Waals surface area contributed by atoms with E-state index in [0.29, 0.717) is 0 Å². The van der Waals surface area contributed by atoms with E-state index < -0.39 is 0 Å². The van der Waals surface area contributed by atoms with Crippen LogP contribution in [-0.4, -0.2) is 9.67 Å². The molecule has 2 aromatic carbocycles. The second-order valence-corrected chi connectivity index (χ2v) is 4.42. The van der Waals surface area contributed by atoms with Crippen molar-refractivity contribution in [3.63, 3.8) is 0 Å². The van der Waals surface area contributed by atoms with Gasteiger partial charge in [-0.15, -0.1) is 0 Å². The van der Waals surface area contributed by atoms with Crippen LogP contribution in [0.5, 0.6) is 0 Å². The van der Waals surface area contributed by atoms with Crippen LogP contribution in [0.15, 0.2) is 54.6 Å². The SMILES string of the molecule is Cc1c(CO)n(-c2ccccc2)c2ccccc12. The quantitative estimate of drug-likeness (QED) is 0.725. The molecule has 0 atom stereocenters. The minimum atomic E-state index is 0.0510. The summed E-state index contributed by atoms with van der Waals surface area (Å²) in [6.45, 7) is 2.11. The predicted molar refractivity (Wildman–Crippen MR) is 73.9 cm³/mol. The Morgan fingerprint density at radius 2 is 1.61 bits per heavy atom. The molecule has 0 aliphatic rings. The molecule has 2 nitrogen and oxygen atoms in total. The fourth-order valence-electron chi connectivity index (χ4n) is 2.52. The van der Waals surface area contributed by atoms with E-state index in [9.17, 15) is 5.11 Å². The van der Waals surface area contributed by atoms with Crippen molar-refractivity contribution >= 4 is 10.9 Å². The Morgan fingerprint density at radius 1 is 0.944 bits per heavy atom. The van der Waals surface area contributed by atoms with Crippen molar-refractivity contribution in [3.8, 4) is 5.69 Å². The summed E-state index contributed by atoms with van der Waals surface area (Å²) in [4.78, 5) is 0. The average Bonchev–Trinajstić information content (AvgIpc) is 2.73. The highest BCUT2D eigenvalue weighted by atomic mass is 16.3. The van der Waals surface area contributed by atoms with Gasteiger partial charge in [-0.3, -0.25) is 0 Å². The van der Waals surface area contributed by atoms with Gasteiger partial charge in [-0.05, 0) is 30.7 Å². The van der Waals surface area contributed by atoms with Crippen LogP contribution in [-0.2, 0) is 6.61 Å². The van der Waals surface area contributed by atoms with Crippen LogP contribution in [0.1, 0.15) is 11.3 Å². The number of fused-ring (bicyclic) bond motifs is 1. The van der Waals surface area contributed by atoms with Gasteiger partial charge in [0.25, 0.3) is 0 Å². The third-order valence-electron chi connectivity index (χ3n) is 3.42. The number of para-hydroxylation sites is 2. The van der Waals surface area contributed by atoms with Crippen LogP contribution in [0.2, 0.25) is 0 Å². The highest BCUT2D eigenvalue weighted by molar-refractivity contribution is 5.87. The molecule has 90 valence electrons. The summed E-state index contributed by atoms with van der Waals surface area (Å²) in [7, 11) is 0. The number of aryl methyl sites for hydroxylation is 1. The maximum atomic E-state index is 9.64. The van der Waals surface area contributed by atoms with E-state index in [1.807, 2.05) is 30.3 Å². The summed E-state index contributed by atoms with van der Waals surface area (Å²) in [6.07, 6.45) is 0. The van der Waals surface area contributed by atoms with Crippen molar-refractivity contribution in [3.05, 3.63) is 65.9 Å². The first kappa shape index (κ1) is 11.1. The number of benzene rings is 2. The van der Waals surface area contributed by atoms with Crippen LogP contribution >= 0.6 is 0 Å². The monoisotopic (exact) mass is 237 g/mol. The molecule has 0 spiro atoms. The molecular weight excluding hydrogens is 222 g/mol. The summed E-state index contributed by atoms with van der Waals surface area (Å²) >= 11 is 0. The molecule has 0 aliphatic carbocycles. The van der Waals surface area contributed by atoms with Gasteiger partial charge in [0.05, 0.1) is 17.8 Å². The molecule has 0 saturated heterocycles. The van der Waals surface area contributed by atoms with Gasteiger partial charge in [-0.1, -0.05) is 36.4 Å². The third-order valence-corrected chi connectivity index (χ3v) is 3.42. The first-order valence-electron chi connectivity index (χ1n) is 6.08. The van der Waals surface area contributed by atoms with Crippen molar-refractivity contribution in [2.45, 2.75) is 13.5 Å². The fourth-order valence-corrected chi connectivity index (χ4v) is 2.52. The number of nitrogens with zero attached hydrogens (tertiary/aromatic N) is 1. The van der Waals surface area contributed by atoms with Crippen molar-refractivity contribution in [1.29, 1.82) is 0 Å². The smallest absolute Gasteiger partial charge is 0.0839 e. The van der Waals surface area contributed by atoms with Crippen LogP contribution in [0.25, 0.3) is 16.6 Å². The maximum absolute atomic E-state index is 9.64. The molecule has 3 aromatic rings. The zero-order valence-electron chi connectivity index (χ0n) is 10.3. The molecule has 0 saturated carbocycles. The lowest BCUT2D eigenvalue weighted by molar-refractivity contribution is 0.274. The summed E-state index contributed by atoms with van der Waals surface area (Å²) in [5, 5.41) is 10.8. The lowest BCUT2D eigenvalue weighted by Gasteiger charge is -2.09. The first-order chi connectivity index (χ1) is 8.83. The van der Waals surface area contributed by atoms with Crippen molar-refractivity contribution in [2.75, 3.05) is 0 Å². The zero-order chi connectivity index (χ0) is 12.5. The van der Waals surface area contributed by atoms with Crippen LogP contribution < -0.4 is 0 Å². The highest BCUT2D eigenvalue weighted by Gasteiger charge is 2.13. The number of hydrogen-bond donors (Lipinski definition) is 1. The van der Waals surface area contributed by atoms with E-state index >= 15 is 0 Å². The van der Waals surface area contributed by atoms with Gasteiger partial charge >= 0.3 is 0 Å². The van der Waals surface area contributed by atoms with E-state index in [1.165, 1.54) is 5.39 Å². The number of rotatable bonds is 2. The molecule has 0 fully saturated rings. The first-order valence-corrected chi connectivity index (χ1v) is 6.08. The van der Waals surface area contributed by atoms with Crippen LogP contribution in [0.4, 0.5) is 0 Å². The Balaban J connectivity index is 2.41. The molecule has 0 unspecified atom stereocenters. The second kappa shape index (κ2) is 4.31. The summed E-state index contributed by atoms with van der Waals surface area (Å²) < 4.78 is 2.13. The van der Waals surface area contributed by atoms with E-state index in [2.05, 4.69) is 35.8 Å². The van der Waals surface area contributed by atoms with Gasteiger partial charge in [-0.2, -0.15) is 0 Å². The average molecular weight is 237 g/mol. The van der Waals surface area contributed by atoms with Gasteiger partial charge in [-0.25, -0.2) is 0 Å². The molecule has 0 amide bonds. The van der Waals surface area contributed by atoms with Gasteiger partial charge in [0.15, 0.2) is 0 Å². The molecule has 1 N–H and O–H groups in total. The topological polar surface area (TPSA) is 25.2 Å². The van der Waals surface area contributed by atoms with Gasteiger partial charge in [0, 0.05) is 11.1 Å². The Kier molecular flexibility index (Phi) is 2.65. The minimum absolute atomic E-state index is 0.0510. The summed E-state index contributed by atoms with van der Waals surface area (Å²) in [6, 6.07) is 18.4. The number of aromatic nitrogens is 1. The normalized spacial score (nSPS) is 11.0. The van der Waals surface area contributed by atoms with Gasteiger partial charge in [0.2, 0.25) is 0 Å². The lowest BCUT2D eigenvalue weighted by Crippen LogP contribution is -2.00. The van der Waals surface area contributed by atoms with Crippen molar-refractivity contribution < 1.29 is 5.11 Å². The Morgan fingerprint density at radius 3 is 2.33 bits per heavy atom. The largest absolute Gasteiger partial charge is 0.390 e. The minimum Gasteiger partial charge on any atom is -0.390 e. The van der Waals surface area contributed by atoms with Gasteiger partial charge < -0.3 is 9.67 Å². The Hall–Kier alpha value is -2.06. The number of aliphatic hydroxyl groups is 1. The molecule has 0 aliphatic heterocycles. The zero-order valence-corrected chi connectivity index (χ0v) is 10.3. The third kappa shape index (κ3) is 1.54. The van der Waals surface area contributed by atoms with E-state index in [-0.39, 0.29) is 6.61 Å². The number of hydrogen-bond acceptors (Lipinski definition) is 1. The second-order valence-electron chi connectivity index (χ2n) is 4.42. The van der Waals surface area contributed by atoms with Crippen LogP contribution in [0.3, 0.4) is 0 Å². The van der Waals surface area contributed by atoms with E-state index in [1.54, 1.807) is 0 Å². The standard InChI is InChI=1S/C16H15NO/c1-12-14-9-5-6-10-15(14)17(16(12)11-18)13-7-3-2-4-8-13/h2-10,18H,11H2,1H3. The number of aliphatic hydroxyl groups excluding tert-OH is 1. The highest BCUT2D eigenvalue weighted by Crippen LogP contribution is 2.28. The van der Waals surface area contributed by atoms with E-state index in [0.717, 1.165) is 22.5 Å². The maximum Gasteiger partial charge on any atom is 0.0839 e. The fraction of sp³-hybridized carbons (Fsp3) is 0.125. The molecular formula is C16H15NO. The molecule has 0 radical (unpaired) electrons. The van der Waals surface area contributed by atoms with Gasteiger partial charge in [0.1, 0.15) is 0 Å². The molecule has 3 rings (SSSR count). The van der Waals surface area contributed by atoms with Crippen LogP contribution in [0, 0.1) is 6.92 Å². The van der Waals surface area contributed by atoms with Crippen molar-refractivity contribution in [1.82, 2.24) is 4.57 Å². The Bertz CT molecular complexity index is 683. The molecule has 2 heteroatoms. The lowest BCUT2D eigenvalue weighted by atomic mass is 10.1. The van der Waals surface area contributed by atoms with Crippen molar-refractivity contribution in [2.24, 2.45) is 0 Å². The van der Waals surface area contributed by atoms with E-state index in [4.69, 9.17) is 0 Å². The summed E-state index contributed by atoms with van der Waals surface area (Å²) in [5.41, 5.74) is 4.34. The molecule has 18 heavy (non-hydrogen) atoms. The molecule has 1 heterocycles. The predicted octanol–water partition coefficient (Wildman–Crippen LogP) is 3.43. The molecule has 0 bridgehead atoms. The molecule has 1 aromatic heterocycles. The summed E-state index contributed by atoms with van der Waals surface area (Å²) in [5.74, 6) is 0.